The topological polar surface area (TPSA) is 97.6 Å². The number of aromatic nitrogens is 3. The number of nitriles is 1. The Bertz CT molecular complexity index is 667. The van der Waals surface area contributed by atoms with Gasteiger partial charge in [0.1, 0.15) is 0 Å². The van der Waals surface area contributed by atoms with Gasteiger partial charge in [-0.05, 0) is 12.2 Å². The highest BCUT2D eigenvalue weighted by atomic mass is 32.1. The number of hydrogen-bond acceptors (Lipinski definition) is 6. The molecule has 0 bridgehead atoms. The van der Waals surface area contributed by atoms with E-state index in [0.29, 0.717) is 5.01 Å². The van der Waals surface area contributed by atoms with E-state index in [0.717, 1.165) is 5.69 Å². The zero-order valence-corrected chi connectivity index (χ0v) is 12.9. The minimum Gasteiger partial charge on any atom is -0.392 e. The molecule has 2 aromatic heterocycles. The maximum absolute atomic E-state index is 11.5. The van der Waals surface area contributed by atoms with Crippen LogP contribution in [0.25, 0.3) is 6.08 Å². The van der Waals surface area contributed by atoms with Crippen molar-refractivity contribution in [2.24, 2.45) is 12.8 Å². The highest BCUT2D eigenvalue weighted by molar-refractivity contribution is 7.80. The number of hydrogen-bond donors (Lipinski definition) is 1. The van der Waals surface area contributed by atoms with Gasteiger partial charge in [-0.2, -0.15) is 5.26 Å². The van der Waals surface area contributed by atoms with Crippen LogP contribution in [0.1, 0.15) is 21.9 Å². The van der Waals surface area contributed by atoms with E-state index < -0.39 is 0 Å². The lowest BCUT2D eigenvalue weighted by Gasteiger charge is -1.85. The molecular weight excluding hydrogens is 306 g/mol. The molecule has 0 saturated heterocycles. The number of carbonyl (C=O) groups is 1. The molecule has 21 heavy (non-hydrogen) atoms. The molecule has 0 saturated carbocycles. The smallest absolute Gasteiger partial charge is 0.214 e. The van der Waals surface area contributed by atoms with Crippen LogP contribution in [0.3, 0.4) is 0 Å². The van der Waals surface area contributed by atoms with Crippen LogP contribution in [-0.4, -0.2) is 25.3 Å². The Morgan fingerprint density at radius 3 is 2.81 bits per heavy atom. The number of thiazole rings is 1. The first kappa shape index (κ1) is 16.7. The molecule has 0 aliphatic rings. The van der Waals surface area contributed by atoms with E-state index in [1.54, 1.807) is 30.0 Å². The number of thiocarbonyl (C=S) groups is 1. The molecule has 0 amide bonds. The molecule has 0 atom stereocenters. The number of aryl methyl sites for hydroxylation is 1. The van der Waals surface area contributed by atoms with E-state index in [1.807, 2.05) is 17.8 Å². The summed E-state index contributed by atoms with van der Waals surface area (Å²) in [5.41, 5.74) is 5.68. The third-order valence-electron chi connectivity index (χ3n) is 2.03. The number of rotatable bonds is 4. The van der Waals surface area contributed by atoms with Crippen molar-refractivity contribution in [2.45, 2.75) is 6.42 Å². The summed E-state index contributed by atoms with van der Waals surface area (Å²) in [6.45, 7) is 0. The van der Waals surface area contributed by atoms with Crippen LogP contribution >= 0.6 is 23.6 Å². The van der Waals surface area contributed by atoms with Crippen LogP contribution in [0.5, 0.6) is 0 Å². The Balaban J connectivity index is 0.000000315. The van der Waals surface area contributed by atoms with Gasteiger partial charge in [0.2, 0.25) is 5.78 Å². The second kappa shape index (κ2) is 8.73. The first-order valence-electron chi connectivity index (χ1n) is 5.78. The summed E-state index contributed by atoms with van der Waals surface area (Å²) < 4.78 is 1.83. The van der Waals surface area contributed by atoms with Crippen molar-refractivity contribution in [1.82, 2.24) is 14.5 Å². The molecule has 2 rings (SSSR count). The summed E-state index contributed by atoms with van der Waals surface area (Å²) in [5.74, 6) is -0.0874. The zero-order chi connectivity index (χ0) is 15.7. The number of nitrogens with two attached hydrogens (primary N) is 1. The van der Waals surface area contributed by atoms with Gasteiger partial charge in [0.15, 0.2) is 5.01 Å². The van der Waals surface area contributed by atoms with E-state index in [1.165, 1.54) is 17.4 Å². The summed E-state index contributed by atoms with van der Waals surface area (Å²) in [7, 11) is 1.88. The zero-order valence-electron chi connectivity index (χ0n) is 11.3. The molecule has 0 aromatic carbocycles. The van der Waals surface area contributed by atoms with Gasteiger partial charge >= 0.3 is 0 Å². The third kappa shape index (κ3) is 6.56. The number of nitrogens with zero attached hydrogens (tertiary/aromatic N) is 4. The van der Waals surface area contributed by atoms with E-state index in [9.17, 15) is 4.79 Å². The van der Waals surface area contributed by atoms with Gasteiger partial charge in [0.05, 0.1) is 29.5 Å². The van der Waals surface area contributed by atoms with Crippen molar-refractivity contribution in [3.63, 3.8) is 0 Å². The van der Waals surface area contributed by atoms with Gasteiger partial charge < -0.3 is 10.3 Å². The van der Waals surface area contributed by atoms with Crippen LogP contribution in [0.15, 0.2) is 30.2 Å². The molecule has 0 fully saturated rings. The van der Waals surface area contributed by atoms with Gasteiger partial charge in [0.25, 0.3) is 0 Å². The molecule has 8 heteroatoms. The Morgan fingerprint density at radius 2 is 2.38 bits per heavy atom. The SMILES string of the molecule is Cn1cnc(/C=C/C(=O)c2nccs2)c1.N#CCC(N)=S. The normalized spacial score (nSPS) is 9.71. The summed E-state index contributed by atoms with van der Waals surface area (Å²) >= 11 is 5.68. The van der Waals surface area contributed by atoms with E-state index in [4.69, 9.17) is 11.0 Å². The summed E-state index contributed by atoms with van der Waals surface area (Å²) in [6.07, 6.45) is 8.51. The molecule has 2 N–H and O–H groups in total. The number of carbonyl (C=O) groups excluding carboxylic acids is 1. The van der Waals surface area contributed by atoms with Crippen LogP contribution in [-0.2, 0) is 7.05 Å². The van der Waals surface area contributed by atoms with Gasteiger partial charge in [-0.15, -0.1) is 11.3 Å². The molecule has 2 aromatic rings. The average Bonchev–Trinajstić information content (AvgIpc) is 3.08. The van der Waals surface area contributed by atoms with Crippen molar-refractivity contribution in [2.75, 3.05) is 0 Å². The fraction of sp³-hybridized carbons (Fsp3) is 0.154. The lowest BCUT2D eigenvalue weighted by Crippen LogP contribution is -2.04. The second-order valence-electron chi connectivity index (χ2n) is 3.80. The first-order valence-corrected chi connectivity index (χ1v) is 7.07. The number of allylic oxidation sites excluding steroid dienone is 1. The van der Waals surface area contributed by atoms with Gasteiger partial charge in [-0.25, -0.2) is 9.97 Å². The summed E-state index contributed by atoms with van der Waals surface area (Å²) in [4.78, 5) is 19.8. The molecule has 0 radical (unpaired) electrons. The summed E-state index contributed by atoms with van der Waals surface area (Å²) in [6, 6.07) is 1.80. The average molecular weight is 319 g/mol. The monoisotopic (exact) mass is 319 g/mol. The largest absolute Gasteiger partial charge is 0.392 e. The van der Waals surface area contributed by atoms with Crippen LogP contribution in [0, 0.1) is 11.3 Å². The maximum Gasteiger partial charge on any atom is 0.214 e. The molecule has 108 valence electrons. The third-order valence-corrected chi connectivity index (χ3v) is 2.96. The quantitative estimate of drug-likeness (QED) is 0.525. The van der Waals surface area contributed by atoms with Crippen molar-refractivity contribution >= 4 is 40.4 Å². The Kier molecular flexibility index (Phi) is 6.94. The Labute approximate surface area is 131 Å². The highest BCUT2D eigenvalue weighted by Gasteiger charge is 2.03. The van der Waals surface area contributed by atoms with Crippen LogP contribution in [0.4, 0.5) is 0 Å². The molecular formula is C13H13N5OS2. The minimum absolute atomic E-state index is 0.0874. The van der Waals surface area contributed by atoms with Gasteiger partial charge in [0, 0.05) is 24.8 Å². The Hall–Kier alpha value is -2.37. The first-order chi connectivity index (χ1) is 10.0. The lowest BCUT2D eigenvalue weighted by molar-refractivity contribution is 0.104. The van der Waals surface area contributed by atoms with Crippen molar-refractivity contribution < 1.29 is 4.79 Å². The predicted octanol–water partition coefficient (Wildman–Crippen LogP) is 1.96. The van der Waals surface area contributed by atoms with Crippen LogP contribution < -0.4 is 5.73 Å². The fourth-order valence-electron chi connectivity index (χ4n) is 1.17. The van der Waals surface area contributed by atoms with Crippen molar-refractivity contribution in [3.8, 4) is 6.07 Å². The van der Waals surface area contributed by atoms with Gasteiger partial charge in [-0.1, -0.05) is 12.2 Å². The fourth-order valence-corrected chi connectivity index (χ4v) is 1.80. The summed E-state index contributed by atoms with van der Waals surface area (Å²) in [5, 5.41) is 10.1. The molecule has 0 spiro atoms. The van der Waals surface area contributed by atoms with Crippen molar-refractivity contribution in [1.29, 1.82) is 5.26 Å². The van der Waals surface area contributed by atoms with Crippen molar-refractivity contribution in [3.05, 3.63) is 40.9 Å². The molecule has 6 nitrogen and oxygen atoms in total. The van der Waals surface area contributed by atoms with E-state index >= 15 is 0 Å². The number of ketones is 1. The molecule has 0 aliphatic carbocycles. The predicted molar refractivity (Wildman–Crippen MR) is 85.7 cm³/mol. The number of imidazole rings is 1. The standard InChI is InChI=1S/C10H9N3OS.C3H4N2S/c1-13-6-8(12-7-13)2-3-9(14)10-11-4-5-15-10;4-2-1-3(5)6/h2-7H,1H3;1H2,(H2,5,6)/b3-2+;. The second-order valence-corrected chi connectivity index (χ2v) is 5.22. The van der Waals surface area contributed by atoms with Crippen LogP contribution in [0.2, 0.25) is 0 Å². The highest BCUT2D eigenvalue weighted by Crippen LogP contribution is 2.07. The van der Waals surface area contributed by atoms with Gasteiger partial charge in [-0.3, -0.25) is 4.79 Å². The maximum atomic E-state index is 11.5. The molecule has 0 unspecified atom stereocenters. The lowest BCUT2D eigenvalue weighted by atomic mass is 10.3. The molecule has 0 aliphatic heterocycles. The Morgan fingerprint density at radius 1 is 1.62 bits per heavy atom. The van der Waals surface area contributed by atoms with E-state index in [2.05, 4.69) is 22.2 Å². The van der Waals surface area contributed by atoms with E-state index in [-0.39, 0.29) is 17.2 Å². The molecule has 2 heterocycles. The minimum atomic E-state index is -0.0874.